The van der Waals surface area contributed by atoms with Gasteiger partial charge in [0.1, 0.15) is 0 Å². The van der Waals surface area contributed by atoms with E-state index in [2.05, 4.69) is 34.2 Å². The first-order valence-corrected chi connectivity index (χ1v) is 7.78. The van der Waals surface area contributed by atoms with E-state index in [1.807, 2.05) is 19.2 Å². The average molecular weight is 355 g/mol. The summed E-state index contributed by atoms with van der Waals surface area (Å²) < 4.78 is 1.15. The lowest BCUT2D eigenvalue weighted by atomic mass is 10.0. The number of nitrogens with zero attached hydrogens (tertiary/aromatic N) is 1. The molecule has 1 aromatic heterocycles. The van der Waals surface area contributed by atoms with E-state index in [4.69, 9.17) is 0 Å². The van der Waals surface area contributed by atoms with Crippen LogP contribution < -0.4 is 5.32 Å². The first-order valence-electron chi connectivity index (χ1n) is 6.17. The van der Waals surface area contributed by atoms with Crippen LogP contribution in [0.5, 0.6) is 0 Å². The highest BCUT2D eigenvalue weighted by atomic mass is 79.9. The topological polar surface area (TPSA) is 55.2 Å². The summed E-state index contributed by atoms with van der Waals surface area (Å²) in [6.07, 6.45) is 0.806. The molecule has 0 saturated heterocycles. The molecule has 0 aliphatic rings. The zero-order valence-electron chi connectivity index (χ0n) is 11.2. The highest BCUT2D eigenvalue weighted by Crippen LogP contribution is 2.32. The van der Waals surface area contributed by atoms with Crippen molar-refractivity contribution in [2.45, 2.75) is 19.4 Å². The highest BCUT2D eigenvalue weighted by molar-refractivity contribution is 9.11. The quantitative estimate of drug-likeness (QED) is 0.645. The molecule has 0 aliphatic heterocycles. The molecular formula is C14H15BrN2O2S. The summed E-state index contributed by atoms with van der Waals surface area (Å²) >= 11 is 5.26. The second-order valence-electron chi connectivity index (χ2n) is 4.57. The average Bonchev–Trinajstić information content (AvgIpc) is 2.76. The van der Waals surface area contributed by atoms with E-state index < -0.39 is 0 Å². The Morgan fingerprint density at radius 1 is 1.40 bits per heavy atom. The first-order chi connectivity index (χ1) is 9.51. The minimum absolute atomic E-state index is 0.129. The summed E-state index contributed by atoms with van der Waals surface area (Å²) in [6, 6.07) is 9.12. The van der Waals surface area contributed by atoms with Crippen LogP contribution in [-0.2, 0) is 6.42 Å². The van der Waals surface area contributed by atoms with Gasteiger partial charge in [0.2, 0.25) is 0 Å². The van der Waals surface area contributed by atoms with Gasteiger partial charge in [0, 0.05) is 23.1 Å². The van der Waals surface area contributed by atoms with Crippen LogP contribution in [0.3, 0.4) is 0 Å². The number of rotatable bonds is 5. The molecule has 0 aliphatic carbocycles. The van der Waals surface area contributed by atoms with Crippen LogP contribution in [0.1, 0.15) is 22.0 Å². The number of nitrogens with one attached hydrogen (secondary N) is 1. The van der Waals surface area contributed by atoms with E-state index in [0.29, 0.717) is 0 Å². The summed E-state index contributed by atoms with van der Waals surface area (Å²) in [5.41, 5.74) is 2.44. The predicted molar refractivity (Wildman–Crippen MR) is 85.4 cm³/mol. The summed E-state index contributed by atoms with van der Waals surface area (Å²) in [5, 5.41) is 13.9. The fourth-order valence-corrected chi connectivity index (χ4v) is 3.67. The third-order valence-corrected chi connectivity index (χ3v) is 5.41. The molecule has 1 unspecified atom stereocenters. The summed E-state index contributed by atoms with van der Waals surface area (Å²) in [7, 11) is 1.93. The standard InChI is InChI=1S/C14H15BrN2O2S/c1-9-7-13(20-14(9)15)12(16-2)8-10-3-5-11(6-4-10)17(18)19/h3-7,12,16H,8H2,1-2H3. The molecule has 0 fully saturated rings. The molecular weight excluding hydrogens is 340 g/mol. The zero-order valence-corrected chi connectivity index (χ0v) is 13.6. The normalized spacial score (nSPS) is 12.3. The third kappa shape index (κ3) is 3.45. The van der Waals surface area contributed by atoms with Crippen molar-refractivity contribution in [2.75, 3.05) is 7.05 Å². The molecule has 6 heteroatoms. The Kier molecular flexibility index (Phi) is 4.91. The lowest BCUT2D eigenvalue weighted by Crippen LogP contribution is -2.17. The first kappa shape index (κ1) is 15.2. The number of likely N-dealkylation sites (N-methyl/N-ethyl adjacent to an activating group) is 1. The van der Waals surface area contributed by atoms with Gasteiger partial charge in [-0.1, -0.05) is 12.1 Å². The fourth-order valence-electron chi connectivity index (χ4n) is 1.99. The van der Waals surface area contributed by atoms with Gasteiger partial charge in [-0.2, -0.15) is 0 Å². The molecule has 20 heavy (non-hydrogen) atoms. The van der Waals surface area contributed by atoms with Gasteiger partial charge in [0.15, 0.2) is 0 Å². The second-order valence-corrected chi connectivity index (χ2v) is 6.98. The van der Waals surface area contributed by atoms with Gasteiger partial charge >= 0.3 is 0 Å². The van der Waals surface area contributed by atoms with Crippen molar-refractivity contribution in [2.24, 2.45) is 0 Å². The Morgan fingerprint density at radius 2 is 2.05 bits per heavy atom. The summed E-state index contributed by atoms with van der Waals surface area (Å²) in [5.74, 6) is 0. The monoisotopic (exact) mass is 354 g/mol. The van der Waals surface area contributed by atoms with Gasteiger partial charge in [-0.25, -0.2) is 0 Å². The van der Waals surface area contributed by atoms with E-state index in [9.17, 15) is 10.1 Å². The minimum Gasteiger partial charge on any atom is -0.312 e. The predicted octanol–water partition coefficient (Wildman–Crippen LogP) is 4.23. The molecule has 2 aromatic rings. The largest absolute Gasteiger partial charge is 0.312 e. The Bertz CT molecular complexity index is 591. The number of hydrogen-bond donors (Lipinski definition) is 1. The molecule has 0 saturated carbocycles. The molecule has 0 bridgehead atoms. The van der Waals surface area contributed by atoms with Crippen molar-refractivity contribution >= 4 is 33.0 Å². The molecule has 1 heterocycles. The lowest BCUT2D eigenvalue weighted by Gasteiger charge is -2.14. The van der Waals surface area contributed by atoms with Crippen LogP contribution in [0, 0.1) is 17.0 Å². The number of non-ortho nitro benzene ring substituents is 1. The Hall–Kier alpha value is -1.24. The van der Waals surface area contributed by atoms with Crippen molar-refractivity contribution in [1.82, 2.24) is 5.32 Å². The van der Waals surface area contributed by atoms with Crippen molar-refractivity contribution < 1.29 is 4.92 Å². The van der Waals surface area contributed by atoms with E-state index in [-0.39, 0.29) is 16.7 Å². The Morgan fingerprint density at radius 3 is 2.50 bits per heavy atom. The van der Waals surface area contributed by atoms with Crippen LogP contribution >= 0.6 is 27.3 Å². The molecule has 0 spiro atoms. The second kappa shape index (κ2) is 6.47. The van der Waals surface area contributed by atoms with E-state index in [1.165, 1.54) is 10.4 Å². The number of aryl methyl sites for hydroxylation is 1. The number of nitro benzene ring substituents is 1. The highest BCUT2D eigenvalue weighted by Gasteiger charge is 2.15. The maximum atomic E-state index is 10.6. The molecule has 4 nitrogen and oxygen atoms in total. The summed E-state index contributed by atoms with van der Waals surface area (Å²) in [4.78, 5) is 11.5. The maximum Gasteiger partial charge on any atom is 0.269 e. The number of hydrogen-bond acceptors (Lipinski definition) is 4. The number of nitro groups is 1. The van der Waals surface area contributed by atoms with Crippen LogP contribution in [0.4, 0.5) is 5.69 Å². The molecule has 1 N–H and O–H groups in total. The Balaban J connectivity index is 2.15. The molecule has 1 aromatic carbocycles. The molecule has 2 rings (SSSR count). The van der Waals surface area contributed by atoms with Crippen molar-refractivity contribution in [3.8, 4) is 0 Å². The summed E-state index contributed by atoms with van der Waals surface area (Å²) in [6.45, 7) is 2.07. The zero-order chi connectivity index (χ0) is 14.7. The number of thiophene rings is 1. The van der Waals surface area contributed by atoms with Crippen LogP contribution in [0.15, 0.2) is 34.1 Å². The minimum atomic E-state index is -0.376. The lowest BCUT2D eigenvalue weighted by molar-refractivity contribution is -0.384. The molecule has 0 radical (unpaired) electrons. The van der Waals surface area contributed by atoms with Gasteiger partial charge in [-0.05, 0) is 53.5 Å². The van der Waals surface area contributed by atoms with Gasteiger partial charge in [-0.3, -0.25) is 10.1 Å². The molecule has 0 amide bonds. The van der Waals surface area contributed by atoms with Gasteiger partial charge < -0.3 is 5.32 Å². The van der Waals surface area contributed by atoms with Crippen molar-refractivity contribution in [3.63, 3.8) is 0 Å². The van der Waals surface area contributed by atoms with E-state index >= 15 is 0 Å². The molecule has 106 valence electrons. The van der Waals surface area contributed by atoms with Gasteiger partial charge in [0.25, 0.3) is 5.69 Å². The number of benzene rings is 1. The number of halogens is 1. The smallest absolute Gasteiger partial charge is 0.269 e. The van der Waals surface area contributed by atoms with Crippen LogP contribution in [0.25, 0.3) is 0 Å². The maximum absolute atomic E-state index is 10.6. The van der Waals surface area contributed by atoms with Crippen molar-refractivity contribution in [1.29, 1.82) is 0 Å². The van der Waals surface area contributed by atoms with E-state index in [1.54, 1.807) is 23.5 Å². The van der Waals surface area contributed by atoms with Crippen molar-refractivity contribution in [3.05, 3.63) is 60.2 Å². The van der Waals surface area contributed by atoms with Crippen LogP contribution in [0.2, 0.25) is 0 Å². The van der Waals surface area contributed by atoms with Gasteiger partial charge in [0.05, 0.1) is 8.71 Å². The molecule has 1 atom stereocenters. The third-order valence-electron chi connectivity index (χ3n) is 3.16. The fraction of sp³-hybridized carbons (Fsp3) is 0.286. The van der Waals surface area contributed by atoms with E-state index in [0.717, 1.165) is 15.8 Å². The van der Waals surface area contributed by atoms with Gasteiger partial charge in [-0.15, -0.1) is 11.3 Å². The van der Waals surface area contributed by atoms with Crippen LogP contribution in [-0.4, -0.2) is 12.0 Å². The Labute approximate surface area is 130 Å². The SMILES string of the molecule is CNC(Cc1ccc([N+](=O)[O-])cc1)c1cc(C)c(Br)s1.